The largest absolute Gasteiger partial charge is 0.461 e. The lowest BCUT2D eigenvalue weighted by molar-refractivity contribution is 0.0179. The molecule has 0 unspecified atom stereocenters. The van der Waals surface area contributed by atoms with Gasteiger partial charge in [-0.1, -0.05) is 0 Å². The van der Waals surface area contributed by atoms with Crippen molar-refractivity contribution in [1.29, 1.82) is 0 Å². The summed E-state index contributed by atoms with van der Waals surface area (Å²) < 4.78 is 12.0. The summed E-state index contributed by atoms with van der Waals surface area (Å²) in [5.41, 5.74) is 7.19. The molecule has 0 aliphatic carbocycles. The van der Waals surface area contributed by atoms with Crippen LogP contribution in [0, 0.1) is 12.8 Å². The van der Waals surface area contributed by atoms with Gasteiger partial charge in [0.15, 0.2) is 5.69 Å². The maximum atomic E-state index is 11.9. The monoisotopic (exact) mass is 253 g/mol. The standard InChI is InChI=1S/C12H19N3O3/c1-8-10(13)11(15(2)14-8)12(16)18-7-9-3-5-17-6-4-9/h9H,3-7,13H2,1-2H3. The Labute approximate surface area is 106 Å². The SMILES string of the molecule is Cc1nn(C)c(C(=O)OCC2CCOCC2)c1N. The first kappa shape index (κ1) is 12.9. The number of carbonyl (C=O) groups excluding carboxylic acids is 1. The molecule has 1 fully saturated rings. The Hall–Kier alpha value is -1.56. The Morgan fingerprint density at radius 1 is 1.56 bits per heavy atom. The zero-order chi connectivity index (χ0) is 13.1. The second-order valence-electron chi connectivity index (χ2n) is 4.63. The van der Waals surface area contributed by atoms with Gasteiger partial charge in [-0.2, -0.15) is 5.10 Å². The first-order valence-electron chi connectivity index (χ1n) is 6.13. The summed E-state index contributed by atoms with van der Waals surface area (Å²) in [6.45, 7) is 3.68. The Kier molecular flexibility index (Phi) is 3.86. The molecule has 1 aromatic rings. The van der Waals surface area contributed by atoms with Crippen molar-refractivity contribution in [2.75, 3.05) is 25.6 Å². The minimum Gasteiger partial charge on any atom is -0.461 e. The number of anilines is 1. The minimum absolute atomic E-state index is 0.333. The summed E-state index contributed by atoms with van der Waals surface area (Å²) >= 11 is 0. The number of nitrogens with zero attached hydrogens (tertiary/aromatic N) is 2. The number of aryl methyl sites for hydroxylation is 2. The van der Waals surface area contributed by atoms with Crippen LogP contribution in [0.1, 0.15) is 29.0 Å². The van der Waals surface area contributed by atoms with E-state index in [9.17, 15) is 4.79 Å². The average Bonchev–Trinajstić information content (AvgIpc) is 2.62. The highest BCUT2D eigenvalue weighted by atomic mass is 16.5. The van der Waals surface area contributed by atoms with Gasteiger partial charge in [-0.25, -0.2) is 4.79 Å². The van der Waals surface area contributed by atoms with Gasteiger partial charge >= 0.3 is 5.97 Å². The molecule has 0 saturated carbocycles. The third kappa shape index (κ3) is 2.64. The smallest absolute Gasteiger partial charge is 0.358 e. The Bertz CT molecular complexity index is 436. The molecule has 100 valence electrons. The first-order chi connectivity index (χ1) is 8.59. The third-order valence-electron chi connectivity index (χ3n) is 3.25. The van der Waals surface area contributed by atoms with Gasteiger partial charge in [-0.05, 0) is 25.7 Å². The highest BCUT2D eigenvalue weighted by Crippen LogP contribution is 2.19. The molecule has 0 aromatic carbocycles. The van der Waals surface area contributed by atoms with Gasteiger partial charge in [0.05, 0.1) is 18.0 Å². The fraction of sp³-hybridized carbons (Fsp3) is 0.667. The van der Waals surface area contributed by atoms with Crippen molar-refractivity contribution in [3.8, 4) is 0 Å². The summed E-state index contributed by atoms with van der Waals surface area (Å²) in [6.07, 6.45) is 1.88. The van der Waals surface area contributed by atoms with Crippen LogP contribution in [-0.4, -0.2) is 35.6 Å². The second kappa shape index (κ2) is 5.39. The molecule has 6 heteroatoms. The summed E-state index contributed by atoms with van der Waals surface area (Å²) in [5, 5.41) is 4.10. The number of hydrogen-bond acceptors (Lipinski definition) is 5. The predicted octanol–water partition coefficient (Wildman–Crippen LogP) is 0.894. The van der Waals surface area contributed by atoms with E-state index in [0.29, 0.717) is 29.6 Å². The minimum atomic E-state index is -0.401. The van der Waals surface area contributed by atoms with Gasteiger partial charge in [0, 0.05) is 20.3 Å². The van der Waals surface area contributed by atoms with Crippen LogP contribution in [0.15, 0.2) is 0 Å². The van der Waals surface area contributed by atoms with E-state index in [0.717, 1.165) is 26.1 Å². The molecular weight excluding hydrogens is 234 g/mol. The van der Waals surface area contributed by atoms with Crippen LogP contribution in [0.3, 0.4) is 0 Å². The van der Waals surface area contributed by atoms with E-state index in [-0.39, 0.29) is 0 Å². The van der Waals surface area contributed by atoms with E-state index in [1.807, 2.05) is 0 Å². The number of rotatable bonds is 3. The van der Waals surface area contributed by atoms with Crippen LogP contribution in [0.5, 0.6) is 0 Å². The zero-order valence-corrected chi connectivity index (χ0v) is 10.8. The van der Waals surface area contributed by atoms with Crippen LogP contribution < -0.4 is 5.73 Å². The van der Waals surface area contributed by atoms with Gasteiger partial charge < -0.3 is 15.2 Å². The molecule has 0 amide bonds. The normalized spacial score (nSPS) is 16.8. The maximum Gasteiger partial charge on any atom is 0.358 e. The molecule has 1 saturated heterocycles. The molecular formula is C12H19N3O3. The topological polar surface area (TPSA) is 79.4 Å². The first-order valence-corrected chi connectivity index (χ1v) is 6.13. The fourth-order valence-corrected chi connectivity index (χ4v) is 2.09. The van der Waals surface area contributed by atoms with E-state index >= 15 is 0 Å². The number of esters is 1. The van der Waals surface area contributed by atoms with Crippen molar-refractivity contribution >= 4 is 11.7 Å². The second-order valence-corrected chi connectivity index (χ2v) is 4.63. The molecule has 0 bridgehead atoms. The number of hydrogen-bond donors (Lipinski definition) is 1. The van der Waals surface area contributed by atoms with Crippen molar-refractivity contribution in [2.45, 2.75) is 19.8 Å². The molecule has 1 aliphatic rings. The lowest BCUT2D eigenvalue weighted by atomic mass is 10.0. The van der Waals surface area contributed by atoms with E-state index in [2.05, 4.69) is 5.10 Å². The van der Waals surface area contributed by atoms with Gasteiger partial charge in [-0.3, -0.25) is 4.68 Å². The van der Waals surface area contributed by atoms with Crippen LogP contribution in [0.4, 0.5) is 5.69 Å². The summed E-state index contributed by atoms with van der Waals surface area (Å²) in [7, 11) is 1.69. The van der Waals surface area contributed by atoms with E-state index in [1.54, 1.807) is 14.0 Å². The number of nitrogen functional groups attached to an aromatic ring is 1. The molecule has 2 rings (SSSR count). The van der Waals surface area contributed by atoms with Gasteiger partial charge in [0.1, 0.15) is 0 Å². The molecule has 0 atom stereocenters. The highest BCUT2D eigenvalue weighted by molar-refractivity contribution is 5.93. The van der Waals surface area contributed by atoms with Crippen molar-refractivity contribution in [1.82, 2.24) is 9.78 Å². The van der Waals surface area contributed by atoms with Crippen LogP contribution >= 0.6 is 0 Å². The molecule has 1 aliphatic heterocycles. The van der Waals surface area contributed by atoms with Crippen molar-refractivity contribution in [3.63, 3.8) is 0 Å². The maximum absolute atomic E-state index is 11.9. The fourth-order valence-electron chi connectivity index (χ4n) is 2.09. The van der Waals surface area contributed by atoms with Crippen LogP contribution in [0.25, 0.3) is 0 Å². The summed E-state index contributed by atoms with van der Waals surface area (Å²) in [6, 6.07) is 0. The lowest BCUT2D eigenvalue weighted by Crippen LogP contribution is -2.23. The Morgan fingerprint density at radius 3 is 2.78 bits per heavy atom. The Balaban J connectivity index is 1.95. The molecule has 6 nitrogen and oxygen atoms in total. The van der Waals surface area contributed by atoms with E-state index in [1.165, 1.54) is 4.68 Å². The quantitative estimate of drug-likeness (QED) is 0.809. The van der Waals surface area contributed by atoms with Crippen LogP contribution in [-0.2, 0) is 16.5 Å². The van der Waals surface area contributed by atoms with E-state index in [4.69, 9.17) is 15.2 Å². The molecule has 0 spiro atoms. The molecule has 2 heterocycles. The van der Waals surface area contributed by atoms with E-state index < -0.39 is 5.97 Å². The number of nitrogens with two attached hydrogens (primary N) is 1. The number of carbonyl (C=O) groups is 1. The van der Waals surface area contributed by atoms with Crippen molar-refractivity contribution in [2.24, 2.45) is 13.0 Å². The predicted molar refractivity (Wildman–Crippen MR) is 66.2 cm³/mol. The van der Waals surface area contributed by atoms with Crippen molar-refractivity contribution in [3.05, 3.63) is 11.4 Å². The van der Waals surface area contributed by atoms with Gasteiger partial charge in [-0.15, -0.1) is 0 Å². The van der Waals surface area contributed by atoms with Crippen molar-refractivity contribution < 1.29 is 14.3 Å². The molecule has 2 N–H and O–H groups in total. The van der Waals surface area contributed by atoms with Gasteiger partial charge in [0.2, 0.25) is 0 Å². The Morgan fingerprint density at radius 2 is 2.22 bits per heavy atom. The molecule has 0 radical (unpaired) electrons. The van der Waals surface area contributed by atoms with Gasteiger partial charge in [0.25, 0.3) is 0 Å². The summed E-state index contributed by atoms with van der Waals surface area (Å²) in [5.74, 6) is -0.0136. The number of aromatic nitrogens is 2. The molecule has 1 aromatic heterocycles. The number of ether oxygens (including phenoxy) is 2. The van der Waals surface area contributed by atoms with Crippen LogP contribution in [0.2, 0.25) is 0 Å². The highest BCUT2D eigenvalue weighted by Gasteiger charge is 2.21. The summed E-state index contributed by atoms with van der Waals surface area (Å²) in [4.78, 5) is 11.9. The average molecular weight is 253 g/mol. The molecule has 18 heavy (non-hydrogen) atoms. The lowest BCUT2D eigenvalue weighted by Gasteiger charge is -2.21. The zero-order valence-electron chi connectivity index (χ0n) is 10.8. The third-order valence-corrected chi connectivity index (χ3v) is 3.25.